The van der Waals surface area contributed by atoms with Gasteiger partial charge in [0.25, 0.3) is 0 Å². The van der Waals surface area contributed by atoms with Crippen molar-refractivity contribution in [3.05, 3.63) is 17.0 Å². The van der Waals surface area contributed by atoms with Crippen molar-refractivity contribution in [1.29, 1.82) is 0 Å². The first kappa shape index (κ1) is 15.3. The standard InChI is InChI=1S/C16H26N4O2/c1-4-12-11(14(5-2)20(3)19-12)9-17-16(21)18-13-8-10-6-7-15(13)22-10/h10,13,15H,4-9H2,1-3H3,(H2,17,18,21)/t10-,13-,15-/m1/s1. The molecule has 2 saturated heterocycles. The number of aryl methyl sites for hydroxylation is 2. The molecule has 2 fully saturated rings. The minimum absolute atomic E-state index is 0.103. The molecule has 0 aromatic carbocycles. The molecule has 1 aromatic rings. The number of ether oxygens (including phenoxy) is 1. The van der Waals surface area contributed by atoms with Crippen molar-refractivity contribution in [2.24, 2.45) is 7.05 Å². The summed E-state index contributed by atoms with van der Waals surface area (Å²) in [5, 5.41) is 10.6. The highest BCUT2D eigenvalue weighted by Gasteiger charge is 2.41. The number of rotatable bonds is 5. The minimum atomic E-state index is -0.103. The summed E-state index contributed by atoms with van der Waals surface area (Å²) in [7, 11) is 1.97. The first-order valence-corrected chi connectivity index (χ1v) is 8.35. The van der Waals surface area contributed by atoms with E-state index in [1.807, 2.05) is 11.7 Å². The number of hydrogen-bond acceptors (Lipinski definition) is 3. The van der Waals surface area contributed by atoms with Crippen molar-refractivity contribution in [2.75, 3.05) is 0 Å². The number of carbonyl (C=O) groups excluding carboxylic acids is 1. The van der Waals surface area contributed by atoms with Crippen LogP contribution in [0.3, 0.4) is 0 Å². The second-order valence-electron chi connectivity index (χ2n) is 6.25. The van der Waals surface area contributed by atoms with Crippen LogP contribution in [0.5, 0.6) is 0 Å². The van der Waals surface area contributed by atoms with Crippen molar-refractivity contribution in [1.82, 2.24) is 20.4 Å². The molecular weight excluding hydrogens is 280 g/mol. The monoisotopic (exact) mass is 306 g/mol. The second kappa shape index (κ2) is 6.28. The van der Waals surface area contributed by atoms with Gasteiger partial charge in [-0.15, -0.1) is 0 Å². The summed E-state index contributed by atoms with van der Waals surface area (Å²) in [5.74, 6) is 0. The largest absolute Gasteiger partial charge is 0.373 e. The fraction of sp³-hybridized carbons (Fsp3) is 0.750. The normalized spacial score (nSPS) is 26.4. The predicted octanol–water partition coefficient (Wildman–Crippen LogP) is 1.66. The van der Waals surface area contributed by atoms with Crippen LogP contribution in [0.25, 0.3) is 0 Å². The van der Waals surface area contributed by atoms with Crippen LogP contribution in [0.4, 0.5) is 4.79 Å². The number of urea groups is 1. The smallest absolute Gasteiger partial charge is 0.315 e. The summed E-state index contributed by atoms with van der Waals surface area (Å²) in [4.78, 5) is 12.1. The lowest BCUT2D eigenvalue weighted by Crippen LogP contribution is -2.46. The number of fused-ring (bicyclic) bond motifs is 2. The summed E-state index contributed by atoms with van der Waals surface area (Å²) >= 11 is 0. The molecule has 2 aliphatic rings. The molecule has 22 heavy (non-hydrogen) atoms. The highest BCUT2D eigenvalue weighted by Crippen LogP contribution is 2.34. The fourth-order valence-electron chi connectivity index (χ4n) is 3.77. The van der Waals surface area contributed by atoms with Crippen LogP contribution in [-0.4, -0.2) is 34.1 Å². The molecule has 0 radical (unpaired) electrons. The van der Waals surface area contributed by atoms with E-state index in [4.69, 9.17) is 4.74 Å². The quantitative estimate of drug-likeness (QED) is 0.869. The molecule has 2 N–H and O–H groups in total. The van der Waals surface area contributed by atoms with Crippen molar-refractivity contribution < 1.29 is 9.53 Å². The Morgan fingerprint density at radius 1 is 1.36 bits per heavy atom. The molecule has 0 spiro atoms. The molecule has 2 amide bonds. The predicted molar refractivity (Wildman–Crippen MR) is 83.6 cm³/mol. The summed E-state index contributed by atoms with van der Waals surface area (Å²) < 4.78 is 7.70. The Hall–Kier alpha value is -1.56. The summed E-state index contributed by atoms with van der Waals surface area (Å²) in [5.41, 5.74) is 3.43. The van der Waals surface area contributed by atoms with Crippen LogP contribution in [0.1, 0.15) is 50.1 Å². The van der Waals surface area contributed by atoms with Crippen LogP contribution >= 0.6 is 0 Å². The first-order valence-electron chi connectivity index (χ1n) is 8.35. The van der Waals surface area contributed by atoms with Crippen LogP contribution in [0, 0.1) is 0 Å². The minimum Gasteiger partial charge on any atom is -0.373 e. The zero-order valence-electron chi connectivity index (χ0n) is 13.7. The Morgan fingerprint density at radius 3 is 2.77 bits per heavy atom. The van der Waals surface area contributed by atoms with Crippen molar-refractivity contribution in [3.63, 3.8) is 0 Å². The van der Waals surface area contributed by atoms with Gasteiger partial charge in [0.15, 0.2) is 0 Å². The van der Waals surface area contributed by atoms with Gasteiger partial charge in [-0.2, -0.15) is 5.10 Å². The zero-order valence-corrected chi connectivity index (χ0v) is 13.7. The molecule has 0 aliphatic carbocycles. The van der Waals surface area contributed by atoms with E-state index in [9.17, 15) is 4.79 Å². The molecule has 0 saturated carbocycles. The van der Waals surface area contributed by atoms with Crippen molar-refractivity contribution in [3.8, 4) is 0 Å². The van der Waals surface area contributed by atoms with E-state index in [2.05, 4.69) is 29.6 Å². The third kappa shape index (κ3) is 2.84. The number of nitrogens with zero attached hydrogens (tertiary/aromatic N) is 2. The number of aromatic nitrogens is 2. The molecule has 3 rings (SSSR count). The maximum absolute atomic E-state index is 12.1. The molecule has 3 heterocycles. The highest BCUT2D eigenvalue weighted by molar-refractivity contribution is 5.74. The topological polar surface area (TPSA) is 68.2 Å². The van der Waals surface area contributed by atoms with Gasteiger partial charge in [-0.1, -0.05) is 13.8 Å². The van der Waals surface area contributed by atoms with Crippen LogP contribution in [0.15, 0.2) is 0 Å². The summed E-state index contributed by atoms with van der Waals surface area (Å²) in [6.07, 6.45) is 5.52. The number of nitrogens with one attached hydrogen (secondary N) is 2. The molecule has 3 atom stereocenters. The van der Waals surface area contributed by atoms with E-state index in [0.29, 0.717) is 12.6 Å². The number of hydrogen-bond donors (Lipinski definition) is 2. The average Bonchev–Trinajstić information content (AvgIpc) is 3.18. The van der Waals surface area contributed by atoms with E-state index in [-0.39, 0.29) is 18.2 Å². The molecule has 6 heteroatoms. The molecule has 2 aliphatic heterocycles. The fourth-order valence-corrected chi connectivity index (χ4v) is 3.77. The first-order chi connectivity index (χ1) is 10.6. The van der Waals surface area contributed by atoms with Gasteiger partial charge < -0.3 is 15.4 Å². The lowest BCUT2D eigenvalue weighted by molar-refractivity contribution is 0.0981. The third-order valence-electron chi connectivity index (χ3n) is 4.88. The summed E-state index contributed by atoms with van der Waals surface area (Å²) in [6.45, 7) is 4.75. The Morgan fingerprint density at radius 2 is 2.18 bits per heavy atom. The lowest BCUT2D eigenvalue weighted by Gasteiger charge is -2.20. The van der Waals surface area contributed by atoms with Gasteiger partial charge in [-0.05, 0) is 32.1 Å². The van der Waals surface area contributed by atoms with Gasteiger partial charge in [0, 0.05) is 24.8 Å². The Labute approximate surface area is 131 Å². The third-order valence-corrected chi connectivity index (χ3v) is 4.88. The number of carbonyl (C=O) groups is 1. The van der Waals surface area contributed by atoms with Gasteiger partial charge in [0.1, 0.15) is 0 Å². The Balaban J connectivity index is 1.57. The van der Waals surface area contributed by atoms with E-state index in [1.54, 1.807) is 0 Å². The summed E-state index contributed by atoms with van der Waals surface area (Å²) in [6, 6.07) is 0.0676. The lowest BCUT2D eigenvalue weighted by atomic mass is 9.96. The van der Waals surface area contributed by atoms with Gasteiger partial charge >= 0.3 is 6.03 Å². The molecule has 122 valence electrons. The van der Waals surface area contributed by atoms with E-state index in [1.165, 1.54) is 5.69 Å². The van der Waals surface area contributed by atoms with Crippen molar-refractivity contribution >= 4 is 6.03 Å². The molecule has 6 nitrogen and oxygen atoms in total. The Kier molecular flexibility index (Phi) is 4.38. The molecule has 0 unspecified atom stereocenters. The van der Waals surface area contributed by atoms with Crippen molar-refractivity contribution in [2.45, 2.75) is 70.7 Å². The van der Waals surface area contributed by atoms with Gasteiger partial charge in [0.05, 0.1) is 23.9 Å². The van der Waals surface area contributed by atoms with Crippen LogP contribution in [0.2, 0.25) is 0 Å². The SMILES string of the molecule is CCc1nn(C)c(CC)c1CNC(=O)N[C@@H]1C[C@H]2CC[C@H]1O2. The van der Waals surface area contributed by atoms with E-state index in [0.717, 1.165) is 43.4 Å². The zero-order chi connectivity index (χ0) is 15.7. The van der Waals surface area contributed by atoms with Gasteiger partial charge in [-0.25, -0.2) is 4.79 Å². The highest BCUT2D eigenvalue weighted by atomic mass is 16.5. The Bertz CT molecular complexity index is 555. The molecule has 1 aromatic heterocycles. The van der Waals surface area contributed by atoms with E-state index >= 15 is 0 Å². The maximum atomic E-state index is 12.1. The second-order valence-corrected chi connectivity index (χ2v) is 6.25. The number of amides is 2. The van der Waals surface area contributed by atoms with Gasteiger partial charge in [-0.3, -0.25) is 4.68 Å². The van der Waals surface area contributed by atoms with E-state index < -0.39 is 0 Å². The van der Waals surface area contributed by atoms with Crippen LogP contribution in [-0.2, 0) is 31.2 Å². The average molecular weight is 306 g/mol. The van der Waals surface area contributed by atoms with Crippen LogP contribution < -0.4 is 10.6 Å². The molecule has 2 bridgehead atoms. The van der Waals surface area contributed by atoms with Gasteiger partial charge in [0.2, 0.25) is 0 Å². The molecular formula is C16H26N4O2. The maximum Gasteiger partial charge on any atom is 0.315 e.